The number of aromatic amines is 1. The first kappa shape index (κ1) is 23.1. The fraction of sp³-hybridized carbons (Fsp3) is 0.261. The zero-order valence-electron chi connectivity index (χ0n) is 18.1. The molecule has 2 aromatic carbocycles. The van der Waals surface area contributed by atoms with Gasteiger partial charge in [0.1, 0.15) is 5.82 Å². The first-order chi connectivity index (χ1) is 14.9. The lowest BCUT2D eigenvalue weighted by Crippen LogP contribution is -2.44. The first-order valence-electron chi connectivity index (χ1n) is 9.89. The molecule has 0 radical (unpaired) electrons. The SMILES string of the molecule is Cc1ccc(-c2cc(N/C(=N\C(=O)c3ccc(C(F)(F)F)cc3)NC(C)(C)C)[nH]n2)cc1. The van der Waals surface area contributed by atoms with Gasteiger partial charge in [0.25, 0.3) is 5.91 Å². The van der Waals surface area contributed by atoms with Crippen LogP contribution >= 0.6 is 0 Å². The summed E-state index contributed by atoms with van der Waals surface area (Å²) in [6, 6.07) is 13.6. The number of hydrogen-bond donors (Lipinski definition) is 3. The maximum absolute atomic E-state index is 12.8. The number of guanidine groups is 1. The van der Waals surface area contributed by atoms with Gasteiger partial charge < -0.3 is 10.6 Å². The van der Waals surface area contributed by atoms with E-state index < -0.39 is 23.2 Å². The highest BCUT2D eigenvalue weighted by molar-refractivity contribution is 6.06. The fourth-order valence-corrected chi connectivity index (χ4v) is 2.80. The Morgan fingerprint density at radius 1 is 1.00 bits per heavy atom. The number of aromatic nitrogens is 2. The number of anilines is 1. The van der Waals surface area contributed by atoms with Gasteiger partial charge in [0.2, 0.25) is 5.96 Å². The van der Waals surface area contributed by atoms with E-state index >= 15 is 0 Å². The number of aliphatic imine (C=N–C) groups is 1. The molecule has 1 amide bonds. The van der Waals surface area contributed by atoms with E-state index in [9.17, 15) is 18.0 Å². The van der Waals surface area contributed by atoms with Gasteiger partial charge >= 0.3 is 6.18 Å². The molecule has 0 aliphatic carbocycles. The molecule has 0 saturated heterocycles. The van der Waals surface area contributed by atoms with Crippen molar-refractivity contribution in [2.24, 2.45) is 4.99 Å². The number of hydrogen-bond acceptors (Lipinski definition) is 2. The molecule has 3 N–H and O–H groups in total. The minimum absolute atomic E-state index is 0.0398. The summed E-state index contributed by atoms with van der Waals surface area (Å²) in [5, 5.41) is 13.2. The van der Waals surface area contributed by atoms with Gasteiger partial charge in [0.15, 0.2) is 0 Å². The molecule has 9 heteroatoms. The Hall–Kier alpha value is -3.62. The summed E-state index contributed by atoms with van der Waals surface area (Å²) in [4.78, 5) is 16.6. The molecule has 0 aliphatic rings. The van der Waals surface area contributed by atoms with E-state index in [4.69, 9.17) is 0 Å². The van der Waals surface area contributed by atoms with E-state index in [2.05, 4.69) is 25.8 Å². The molecule has 1 heterocycles. The van der Waals surface area contributed by atoms with Gasteiger partial charge in [-0.1, -0.05) is 29.8 Å². The smallest absolute Gasteiger partial charge is 0.351 e. The summed E-state index contributed by atoms with van der Waals surface area (Å²) >= 11 is 0. The molecule has 0 saturated carbocycles. The highest BCUT2D eigenvalue weighted by Crippen LogP contribution is 2.29. The van der Waals surface area contributed by atoms with Crippen molar-refractivity contribution < 1.29 is 18.0 Å². The van der Waals surface area contributed by atoms with Gasteiger partial charge in [-0.2, -0.15) is 23.3 Å². The van der Waals surface area contributed by atoms with Crippen LogP contribution in [0, 0.1) is 6.92 Å². The first-order valence-corrected chi connectivity index (χ1v) is 9.89. The molecule has 0 aliphatic heterocycles. The van der Waals surface area contributed by atoms with Crippen molar-refractivity contribution in [1.29, 1.82) is 0 Å². The maximum atomic E-state index is 12.8. The summed E-state index contributed by atoms with van der Waals surface area (Å²) in [5.41, 5.74) is 1.53. The van der Waals surface area contributed by atoms with Crippen LogP contribution in [0.3, 0.4) is 0 Å². The van der Waals surface area contributed by atoms with Crippen molar-refractivity contribution in [3.8, 4) is 11.3 Å². The zero-order chi connectivity index (χ0) is 23.5. The number of rotatable bonds is 3. The van der Waals surface area contributed by atoms with Crippen molar-refractivity contribution >= 4 is 17.7 Å². The molecule has 3 rings (SSSR count). The molecule has 168 valence electrons. The topological polar surface area (TPSA) is 82.2 Å². The summed E-state index contributed by atoms with van der Waals surface area (Å²) in [6.45, 7) is 7.66. The van der Waals surface area contributed by atoms with Crippen molar-refractivity contribution in [3.05, 3.63) is 71.3 Å². The minimum Gasteiger partial charge on any atom is -0.351 e. The summed E-state index contributed by atoms with van der Waals surface area (Å²) in [6.07, 6.45) is -4.47. The lowest BCUT2D eigenvalue weighted by Gasteiger charge is -2.23. The van der Waals surface area contributed by atoms with Gasteiger partial charge in [0, 0.05) is 22.7 Å². The third kappa shape index (κ3) is 6.19. The Labute approximate surface area is 184 Å². The second kappa shape index (κ2) is 8.86. The number of amides is 1. The number of alkyl halides is 3. The number of benzene rings is 2. The molecule has 0 bridgehead atoms. The number of nitrogens with zero attached hydrogens (tertiary/aromatic N) is 2. The molecule has 3 aromatic rings. The van der Waals surface area contributed by atoms with Crippen LogP contribution in [0.25, 0.3) is 11.3 Å². The summed E-state index contributed by atoms with van der Waals surface area (Å²) in [5.74, 6) is -0.0472. The third-order valence-corrected chi connectivity index (χ3v) is 4.34. The van der Waals surface area contributed by atoms with Crippen molar-refractivity contribution in [1.82, 2.24) is 15.5 Å². The molecule has 6 nitrogen and oxygen atoms in total. The van der Waals surface area contributed by atoms with E-state index in [1.54, 1.807) is 6.07 Å². The summed E-state index contributed by atoms with van der Waals surface area (Å²) < 4.78 is 38.3. The highest BCUT2D eigenvalue weighted by Gasteiger charge is 2.30. The highest BCUT2D eigenvalue weighted by atomic mass is 19.4. The van der Waals surface area contributed by atoms with Crippen LogP contribution in [0.5, 0.6) is 0 Å². The second-order valence-corrected chi connectivity index (χ2v) is 8.37. The molecule has 0 unspecified atom stereocenters. The quantitative estimate of drug-likeness (QED) is 0.374. The van der Waals surface area contributed by atoms with Gasteiger partial charge in [0.05, 0.1) is 11.3 Å². The molecule has 0 fully saturated rings. The fourth-order valence-electron chi connectivity index (χ4n) is 2.80. The van der Waals surface area contributed by atoms with E-state index in [1.165, 1.54) is 0 Å². The monoisotopic (exact) mass is 443 g/mol. The standard InChI is InChI=1S/C23H24F3N5O/c1-14-5-7-15(8-6-14)18-13-19(31-30-18)27-21(29-22(2,3)4)28-20(32)16-9-11-17(12-10-16)23(24,25)26/h5-13H,1-4H3,(H3,27,28,29,30,31,32). The third-order valence-electron chi connectivity index (χ3n) is 4.34. The van der Waals surface area contributed by atoms with E-state index in [0.29, 0.717) is 11.5 Å². The summed E-state index contributed by atoms with van der Waals surface area (Å²) in [7, 11) is 0. The van der Waals surface area contributed by atoms with E-state index in [-0.39, 0.29) is 11.5 Å². The van der Waals surface area contributed by atoms with E-state index in [1.807, 2.05) is 52.0 Å². The van der Waals surface area contributed by atoms with Crippen LogP contribution in [0.15, 0.2) is 59.6 Å². The van der Waals surface area contributed by atoms with Gasteiger partial charge in [-0.15, -0.1) is 0 Å². The van der Waals surface area contributed by atoms with Gasteiger partial charge in [-0.05, 0) is 52.0 Å². The normalized spacial score (nSPS) is 12.5. The average Bonchev–Trinajstić information content (AvgIpc) is 3.15. The Morgan fingerprint density at radius 3 is 2.19 bits per heavy atom. The van der Waals surface area contributed by atoms with E-state index in [0.717, 1.165) is 35.4 Å². The number of aryl methyl sites for hydroxylation is 1. The minimum atomic E-state index is -4.47. The molecular weight excluding hydrogens is 419 g/mol. The number of carbonyl (C=O) groups is 1. The molecule has 32 heavy (non-hydrogen) atoms. The van der Waals surface area contributed by atoms with Crippen LogP contribution in [-0.4, -0.2) is 27.6 Å². The maximum Gasteiger partial charge on any atom is 0.416 e. The van der Waals surface area contributed by atoms with Crippen LogP contribution < -0.4 is 10.6 Å². The van der Waals surface area contributed by atoms with Crippen molar-refractivity contribution in [2.45, 2.75) is 39.4 Å². The number of carbonyl (C=O) groups excluding carboxylic acids is 1. The molecular formula is C23H24F3N5O. The average molecular weight is 443 g/mol. The number of nitrogens with one attached hydrogen (secondary N) is 3. The van der Waals surface area contributed by atoms with Crippen LogP contribution in [0.2, 0.25) is 0 Å². The van der Waals surface area contributed by atoms with Gasteiger partial charge in [-0.3, -0.25) is 9.89 Å². The number of halogens is 3. The molecule has 0 spiro atoms. The molecule has 1 aromatic heterocycles. The Balaban J connectivity index is 1.83. The predicted octanol–water partition coefficient (Wildman–Crippen LogP) is 5.40. The lowest BCUT2D eigenvalue weighted by molar-refractivity contribution is -0.137. The number of H-pyrrole nitrogens is 1. The Bertz CT molecular complexity index is 1110. The lowest BCUT2D eigenvalue weighted by atomic mass is 10.1. The van der Waals surface area contributed by atoms with Crippen LogP contribution in [0.4, 0.5) is 19.0 Å². The van der Waals surface area contributed by atoms with Gasteiger partial charge in [-0.25, -0.2) is 0 Å². The van der Waals surface area contributed by atoms with Crippen molar-refractivity contribution in [3.63, 3.8) is 0 Å². The molecule has 0 atom stereocenters. The Morgan fingerprint density at radius 2 is 1.62 bits per heavy atom. The Kier molecular flexibility index (Phi) is 6.38. The zero-order valence-corrected chi connectivity index (χ0v) is 18.1. The predicted molar refractivity (Wildman–Crippen MR) is 118 cm³/mol. The van der Waals surface area contributed by atoms with Crippen LogP contribution in [0.1, 0.15) is 42.3 Å². The largest absolute Gasteiger partial charge is 0.416 e. The second-order valence-electron chi connectivity index (χ2n) is 8.37. The van der Waals surface area contributed by atoms with Crippen molar-refractivity contribution in [2.75, 3.05) is 5.32 Å². The van der Waals surface area contributed by atoms with Crippen LogP contribution in [-0.2, 0) is 6.18 Å².